The normalized spacial score (nSPS) is 18.9. The van der Waals surface area contributed by atoms with E-state index in [9.17, 15) is 4.79 Å². The van der Waals surface area contributed by atoms with Gasteiger partial charge in [0.1, 0.15) is 5.52 Å². The van der Waals surface area contributed by atoms with E-state index in [-0.39, 0.29) is 11.9 Å². The van der Waals surface area contributed by atoms with Crippen LogP contribution in [0.3, 0.4) is 0 Å². The summed E-state index contributed by atoms with van der Waals surface area (Å²) < 4.78 is 13.0. The number of benzene rings is 1. The number of pyridine rings is 1. The Balaban J connectivity index is 1.51. The molecule has 1 N–H and O–H groups in total. The molecule has 2 aliphatic heterocycles. The van der Waals surface area contributed by atoms with Crippen LogP contribution in [0.15, 0.2) is 41.8 Å². The van der Waals surface area contributed by atoms with Crippen molar-refractivity contribution >= 4 is 34.3 Å². The van der Waals surface area contributed by atoms with Gasteiger partial charge in [-0.2, -0.15) is 5.10 Å². The molecule has 0 saturated carbocycles. The first-order valence-corrected chi connectivity index (χ1v) is 12.4. The van der Waals surface area contributed by atoms with Gasteiger partial charge >= 0.3 is 0 Å². The molecule has 4 heterocycles. The monoisotopic (exact) mass is 491 g/mol. The van der Waals surface area contributed by atoms with E-state index in [4.69, 9.17) is 19.4 Å². The van der Waals surface area contributed by atoms with E-state index in [1.165, 1.54) is 0 Å². The second-order valence-electron chi connectivity index (χ2n) is 9.37. The van der Waals surface area contributed by atoms with Gasteiger partial charge in [0, 0.05) is 57.9 Å². The number of likely N-dealkylation sites (tertiary alicyclic amines) is 1. The number of fused-ring (bicyclic) bond motifs is 1. The highest BCUT2D eigenvalue weighted by atomic mass is 16.5. The summed E-state index contributed by atoms with van der Waals surface area (Å²) in [5.41, 5.74) is 8.73. The predicted molar refractivity (Wildman–Crippen MR) is 140 cm³/mol. The number of imidazole rings is 1. The Morgan fingerprint density at radius 1 is 1.28 bits per heavy atom. The molecule has 0 spiro atoms. The second kappa shape index (κ2) is 10.6. The molecule has 0 aliphatic carbocycles. The molecule has 2 saturated heterocycles. The van der Waals surface area contributed by atoms with Gasteiger partial charge in [-0.05, 0) is 13.3 Å². The van der Waals surface area contributed by atoms with Crippen molar-refractivity contribution in [3.8, 4) is 0 Å². The molecular weight excluding hydrogens is 458 g/mol. The van der Waals surface area contributed by atoms with Gasteiger partial charge < -0.3 is 23.8 Å². The van der Waals surface area contributed by atoms with Gasteiger partial charge in [-0.15, -0.1) is 0 Å². The van der Waals surface area contributed by atoms with Gasteiger partial charge in [0.15, 0.2) is 11.5 Å². The molecule has 190 valence electrons. The molecule has 10 heteroatoms. The maximum absolute atomic E-state index is 12.1. The van der Waals surface area contributed by atoms with Crippen LogP contribution in [0.1, 0.15) is 24.0 Å². The third kappa shape index (κ3) is 5.05. The summed E-state index contributed by atoms with van der Waals surface area (Å²) in [6.45, 7) is 5.99. The molecule has 3 aromatic rings. The Morgan fingerprint density at radius 2 is 2.11 bits per heavy atom. The van der Waals surface area contributed by atoms with E-state index in [1.807, 2.05) is 41.0 Å². The van der Waals surface area contributed by atoms with Crippen molar-refractivity contribution in [1.29, 1.82) is 0 Å². The summed E-state index contributed by atoms with van der Waals surface area (Å²) in [4.78, 5) is 25.8. The van der Waals surface area contributed by atoms with Crippen molar-refractivity contribution in [3.05, 3.63) is 47.8 Å². The van der Waals surface area contributed by atoms with Crippen LogP contribution >= 0.6 is 0 Å². The maximum atomic E-state index is 12.1. The minimum atomic E-state index is 0.132. The molecule has 0 unspecified atom stereocenters. The number of aryl methyl sites for hydroxylation is 1. The number of ether oxygens (including phenoxy) is 2. The summed E-state index contributed by atoms with van der Waals surface area (Å²) >= 11 is 0. The molecule has 2 aliphatic rings. The van der Waals surface area contributed by atoms with E-state index >= 15 is 0 Å². The van der Waals surface area contributed by atoms with E-state index in [2.05, 4.69) is 34.5 Å². The fourth-order valence-corrected chi connectivity index (χ4v) is 4.82. The summed E-state index contributed by atoms with van der Waals surface area (Å²) in [6.07, 6.45) is 3.25. The van der Waals surface area contributed by atoms with Crippen LogP contribution in [0.25, 0.3) is 11.2 Å². The first-order chi connectivity index (χ1) is 17.5. The van der Waals surface area contributed by atoms with Crippen molar-refractivity contribution in [1.82, 2.24) is 19.4 Å². The van der Waals surface area contributed by atoms with Crippen molar-refractivity contribution in [2.24, 2.45) is 5.10 Å². The number of rotatable bonds is 8. The third-order valence-electron chi connectivity index (χ3n) is 6.88. The largest absolute Gasteiger partial charge is 0.378 e. The van der Waals surface area contributed by atoms with Gasteiger partial charge in [0.25, 0.3) is 0 Å². The van der Waals surface area contributed by atoms with Crippen molar-refractivity contribution in [3.63, 3.8) is 0 Å². The zero-order chi connectivity index (χ0) is 25.1. The van der Waals surface area contributed by atoms with E-state index < -0.39 is 0 Å². The SMILES string of the molecule is COC/C(=N\Nc1cc(N2CCOCC2)c2ncn(C[C@@H]3CCC(=O)N3C)c2n1)c1cccc(C)c1. The lowest BCUT2D eigenvalue weighted by Gasteiger charge is -2.29. The number of carbonyl (C=O) groups is 1. The molecule has 1 atom stereocenters. The van der Waals surface area contributed by atoms with Gasteiger partial charge in [-0.3, -0.25) is 10.2 Å². The Hall–Kier alpha value is -3.50. The summed E-state index contributed by atoms with van der Waals surface area (Å²) in [5, 5.41) is 4.68. The van der Waals surface area contributed by atoms with Crippen LogP contribution in [0.5, 0.6) is 0 Å². The Bertz CT molecular complexity index is 1270. The Kier molecular flexibility index (Phi) is 7.15. The number of hydrazone groups is 1. The minimum absolute atomic E-state index is 0.132. The predicted octanol–water partition coefficient (Wildman–Crippen LogP) is 2.66. The number of methoxy groups -OCH3 is 1. The number of anilines is 2. The highest BCUT2D eigenvalue weighted by Gasteiger charge is 2.29. The second-order valence-corrected chi connectivity index (χ2v) is 9.37. The lowest BCUT2D eigenvalue weighted by molar-refractivity contribution is -0.127. The van der Waals surface area contributed by atoms with E-state index in [1.54, 1.807) is 7.11 Å². The topological polar surface area (TPSA) is 97.1 Å². The van der Waals surface area contributed by atoms with E-state index in [0.717, 1.165) is 53.2 Å². The quantitative estimate of drug-likeness (QED) is 0.382. The molecular formula is C26H33N7O3. The lowest BCUT2D eigenvalue weighted by atomic mass is 10.1. The number of amides is 1. The van der Waals surface area contributed by atoms with Crippen molar-refractivity contribution in [2.45, 2.75) is 32.4 Å². The molecule has 0 bridgehead atoms. The Morgan fingerprint density at radius 3 is 2.83 bits per heavy atom. The van der Waals surface area contributed by atoms with Crippen LogP contribution in [-0.4, -0.2) is 84.2 Å². The van der Waals surface area contributed by atoms with Crippen LogP contribution < -0.4 is 10.3 Å². The van der Waals surface area contributed by atoms with Crippen molar-refractivity contribution in [2.75, 3.05) is 57.4 Å². The average Bonchev–Trinajstić information content (AvgIpc) is 3.44. The van der Waals surface area contributed by atoms with Gasteiger partial charge in [0.2, 0.25) is 5.91 Å². The fraction of sp³-hybridized carbons (Fsp3) is 0.462. The highest BCUT2D eigenvalue weighted by Crippen LogP contribution is 2.30. The molecule has 1 amide bonds. The number of carbonyl (C=O) groups excluding carboxylic acids is 1. The van der Waals surface area contributed by atoms with Crippen LogP contribution in [0.4, 0.5) is 11.5 Å². The minimum Gasteiger partial charge on any atom is -0.378 e. The number of nitrogens with zero attached hydrogens (tertiary/aromatic N) is 6. The number of hydrogen-bond donors (Lipinski definition) is 1. The molecule has 10 nitrogen and oxygen atoms in total. The van der Waals surface area contributed by atoms with Crippen LogP contribution in [0, 0.1) is 6.92 Å². The van der Waals surface area contributed by atoms with Gasteiger partial charge in [-0.25, -0.2) is 9.97 Å². The highest BCUT2D eigenvalue weighted by molar-refractivity contribution is 6.02. The summed E-state index contributed by atoms with van der Waals surface area (Å²) in [5.74, 6) is 0.813. The van der Waals surface area contributed by atoms with Crippen molar-refractivity contribution < 1.29 is 14.3 Å². The van der Waals surface area contributed by atoms with Crippen LogP contribution in [-0.2, 0) is 20.8 Å². The average molecular weight is 492 g/mol. The first-order valence-electron chi connectivity index (χ1n) is 12.4. The standard InChI is InChI=1S/C26H33N7O3/c1-18-5-4-6-19(13-18)21(16-35-3)29-30-23-14-22(32-9-11-36-12-10-32)25-26(28-23)33(17-27-25)15-20-7-8-24(34)31(20)2/h4-6,13-14,17,20H,7-12,15-16H2,1-3H3,(H,28,30)/b29-21+/t20-/m0/s1. The van der Waals surface area contributed by atoms with Gasteiger partial charge in [0.05, 0.1) is 37.5 Å². The molecule has 2 aromatic heterocycles. The zero-order valence-corrected chi connectivity index (χ0v) is 21.1. The third-order valence-corrected chi connectivity index (χ3v) is 6.88. The molecule has 5 rings (SSSR count). The lowest BCUT2D eigenvalue weighted by Crippen LogP contribution is -2.36. The number of aromatic nitrogens is 3. The zero-order valence-electron chi connectivity index (χ0n) is 21.1. The van der Waals surface area contributed by atoms with E-state index in [0.29, 0.717) is 38.6 Å². The number of morpholine rings is 1. The van der Waals surface area contributed by atoms with Crippen LogP contribution in [0.2, 0.25) is 0 Å². The molecule has 0 radical (unpaired) electrons. The first kappa shape index (κ1) is 24.2. The number of nitrogens with one attached hydrogen (secondary N) is 1. The smallest absolute Gasteiger partial charge is 0.222 e. The number of likely N-dealkylation sites (N-methyl/N-ethyl adjacent to an activating group) is 1. The molecule has 2 fully saturated rings. The summed E-state index contributed by atoms with van der Waals surface area (Å²) in [7, 11) is 3.53. The molecule has 36 heavy (non-hydrogen) atoms. The maximum Gasteiger partial charge on any atom is 0.222 e. The summed E-state index contributed by atoms with van der Waals surface area (Å²) in [6, 6.07) is 10.3. The Labute approximate surface area is 210 Å². The van der Waals surface area contributed by atoms with Gasteiger partial charge in [-0.1, -0.05) is 29.8 Å². The molecule has 1 aromatic carbocycles. The number of hydrogen-bond acceptors (Lipinski definition) is 8. The fourth-order valence-electron chi connectivity index (χ4n) is 4.82.